The minimum Gasteiger partial charge on any atom is -0.497 e. The van der Waals surface area contributed by atoms with Crippen molar-refractivity contribution in [1.29, 1.82) is 0 Å². The predicted octanol–water partition coefficient (Wildman–Crippen LogP) is 3.86. The van der Waals surface area contributed by atoms with Gasteiger partial charge >= 0.3 is 0 Å². The first kappa shape index (κ1) is 15.8. The van der Waals surface area contributed by atoms with Gasteiger partial charge in [-0.1, -0.05) is 24.3 Å². The molecule has 2 aromatic carbocycles. The minimum absolute atomic E-state index is 0.0906. The largest absolute Gasteiger partial charge is 0.497 e. The normalized spacial score (nSPS) is 15.6. The first-order valence-electron chi connectivity index (χ1n) is 8.53. The van der Waals surface area contributed by atoms with Gasteiger partial charge in [-0.05, 0) is 48.7 Å². The van der Waals surface area contributed by atoms with Crippen LogP contribution in [0.1, 0.15) is 30.0 Å². The Morgan fingerprint density at radius 2 is 1.80 bits per heavy atom. The Morgan fingerprint density at radius 3 is 2.56 bits per heavy atom. The third kappa shape index (κ3) is 3.15. The van der Waals surface area contributed by atoms with Crippen LogP contribution >= 0.6 is 0 Å². The maximum atomic E-state index is 5.94. The van der Waals surface area contributed by atoms with Crippen LogP contribution in [0, 0.1) is 0 Å². The van der Waals surface area contributed by atoms with Crippen molar-refractivity contribution in [2.45, 2.75) is 25.9 Å². The van der Waals surface area contributed by atoms with E-state index in [0.29, 0.717) is 11.8 Å². The highest BCUT2D eigenvalue weighted by Gasteiger charge is 2.25. The molecule has 0 amide bonds. The van der Waals surface area contributed by atoms with Gasteiger partial charge in [0, 0.05) is 18.7 Å². The fourth-order valence-corrected chi connectivity index (χ4v) is 3.26. The van der Waals surface area contributed by atoms with Crippen LogP contribution in [0.5, 0.6) is 5.75 Å². The molecule has 0 spiro atoms. The van der Waals surface area contributed by atoms with Crippen LogP contribution in [0.4, 0.5) is 0 Å². The van der Waals surface area contributed by atoms with Crippen LogP contribution in [0.3, 0.4) is 0 Å². The SMILES string of the molecule is COc1ccc(-c2nnc(C(C)N3CCc4ccccc4C3)o2)cc1. The van der Waals surface area contributed by atoms with Crippen LogP contribution in [0.2, 0.25) is 0 Å². The zero-order chi connectivity index (χ0) is 17.2. The van der Waals surface area contributed by atoms with Crippen LogP contribution in [-0.4, -0.2) is 28.8 Å². The van der Waals surface area contributed by atoms with E-state index in [4.69, 9.17) is 9.15 Å². The van der Waals surface area contributed by atoms with Crippen molar-refractivity contribution in [2.75, 3.05) is 13.7 Å². The maximum Gasteiger partial charge on any atom is 0.247 e. The molecule has 0 saturated heterocycles. The summed E-state index contributed by atoms with van der Waals surface area (Å²) in [6.07, 6.45) is 1.06. The first-order valence-corrected chi connectivity index (χ1v) is 8.53. The van der Waals surface area contributed by atoms with Gasteiger partial charge in [0.1, 0.15) is 5.75 Å². The number of rotatable bonds is 4. The number of hydrogen-bond donors (Lipinski definition) is 0. The zero-order valence-electron chi connectivity index (χ0n) is 14.5. The average molecular weight is 335 g/mol. The smallest absolute Gasteiger partial charge is 0.247 e. The summed E-state index contributed by atoms with van der Waals surface area (Å²) in [6, 6.07) is 16.4. The minimum atomic E-state index is 0.0906. The highest BCUT2D eigenvalue weighted by atomic mass is 16.5. The van der Waals surface area contributed by atoms with Gasteiger partial charge < -0.3 is 9.15 Å². The van der Waals surface area contributed by atoms with E-state index in [2.05, 4.69) is 46.3 Å². The molecule has 0 saturated carbocycles. The van der Waals surface area contributed by atoms with Gasteiger partial charge in [0.25, 0.3) is 0 Å². The summed E-state index contributed by atoms with van der Waals surface area (Å²) in [6.45, 7) is 4.04. The molecule has 1 aliphatic rings. The Bertz CT molecular complexity index is 857. The summed E-state index contributed by atoms with van der Waals surface area (Å²) in [5.74, 6) is 2.01. The number of fused-ring (bicyclic) bond motifs is 1. The third-order valence-electron chi connectivity index (χ3n) is 4.84. The topological polar surface area (TPSA) is 51.4 Å². The summed E-state index contributed by atoms with van der Waals surface area (Å²) in [7, 11) is 1.65. The van der Waals surface area contributed by atoms with Gasteiger partial charge in [-0.2, -0.15) is 0 Å². The molecule has 2 heterocycles. The van der Waals surface area contributed by atoms with Crippen molar-refractivity contribution in [3.05, 3.63) is 65.5 Å². The lowest BCUT2D eigenvalue weighted by Crippen LogP contribution is -2.33. The predicted molar refractivity (Wildman–Crippen MR) is 95.3 cm³/mol. The standard InChI is InChI=1S/C20H21N3O2/c1-14(23-12-11-15-5-3-4-6-17(15)13-23)19-21-22-20(25-19)16-7-9-18(24-2)10-8-16/h3-10,14H,11-13H2,1-2H3. The summed E-state index contributed by atoms with van der Waals surface area (Å²) in [4.78, 5) is 2.38. The summed E-state index contributed by atoms with van der Waals surface area (Å²) in [5.41, 5.74) is 3.72. The van der Waals surface area contributed by atoms with Gasteiger partial charge in [-0.25, -0.2) is 0 Å². The number of hydrogen-bond acceptors (Lipinski definition) is 5. The number of aromatic nitrogens is 2. The molecule has 128 valence electrons. The maximum absolute atomic E-state index is 5.94. The second-order valence-electron chi connectivity index (χ2n) is 6.34. The van der Waals surface area contributed by atoms with Crippen LogP contribution < -0.4 is 4.74 Å². The molecule has 0 N–H and O–H groups in total. The monoisotopic (exact) mass is 335 g/mol. The number of methoxy groups -OCH3 is 1. The number of benzene rings is 2. The van der Waals surface area contributed by atoms with E-state index in [1.54, 1.807) is 7.11 Å². The number of ether oxygens (including phenoxy) is 1. The quantitative estimate of drug-likeness (QED) is 0.724. The third-order valence-corrected chi connectivity index (χ3v) is 4.84. The molecule has 1 aliphatic heterocycles. The molecule has 25 heavy (non-hydrogen) atoms. The van der Waals surface area contributed by atoms with Crippen molar-refractivity contribution in [1.82, 2.24) is 15.1 Å². The molecule has 0 aliphatic carbocycles. The van der Waals surface area contributed by atoms with Crippen molar-refractivity contribution in [2.24, 2.45) is 0 Å². The van der Waals surface area contributed by atoms with Crippen LogP contribution in [0.15, 0.2) is 52.9 Å². The molecule has 0 bridgehead atoms. The Morgan fingerprint density at radius 1 is 1.04 bits per heavy atom. The molecule has 0 fully saturated rings. The highest BCUT2D eigenvalue weighted by molar-refractivity contribution is 5.54. The van der Waals surface area contributed by atoms with Gasteiger partial charge in [0.05, 0.1) is 13.2 Å². The lowest BCUT2D eigenvalue weighted by molar-refractivity contribution is 0.167. The number of nitrogens with zero attached hydrogens (tertiary/aromatic N) is 3. The van der Waals surface area contributed by atoms with E-state index in [-0.39, 0.29) is 6.04 Å². The Kier molecular flexibility index (Phi) is 4.24. The summed E-state index contributed by atoms with van der Waals surface area (Å²) < 4.78 is 11.1. The van der Waals surface area contributed by atoms with Crippen molar-refractivity contribution in [3.8, 4) is 17.2 Å². The Hall–Kier alpha value is -2.66. The van der Waals surface area contributed by atoms with Crippen molar-refractivity contribution >= 4 is 0 Å². The molecule has 4 rings (SSSR count). The van der Waals surface area contributed by atoms with E-state index in [1.165, 1.54) is 11.1 Å². The molecule has 3 aromatic rings. The highest BCUT2D eigenvalue weighted by Crippen LogP contribution is 2.29. The van der Waals surface area contributed by atoms with Gasteiger partial charge in [-0.3, -0.25) is 4.90 Å². The second kappa shape index (κ2) is 6.69. The fraction of sp³-hybridized carbons (Fsp3) is 0.300. The van der Waals surface area contributed by atoms with Gasteiger partial charge in [0.15, 0.2) is 0 Å². The average Bonchev–Trinajstić information content (AvgIpc) is 3.17. The zero-order valence-corrected chi connectivity index (χ0v) is 14.5. The molecular weight excluding hydrogens is 314 g/mol. The first-order chi connectivity index (χ1) is 12.2. The van der Waals surface area contributed by atoms with E-state index >= 15 is 0 Å². The van der Waals surface area contributed by atoms with E-state index in [0.717, 1.165) is 30.8 Å². The van der Waals surface area contributed by atoms with Crippen LogP contribution in [-0.2, 0) is 13.0 Å². The molecule has 0 radical (unpaired) electrons. The summed E-state index contributed by atoms with van der Waals surface area (Å²) >= 11 is 0. The molecular formula is C20H21N3O2. The Labute approximate surface area is 147 Å². The Balaban J connectivity index is 1.51. The van der Waals surface area contributed by atoms with Gasteiger partial charge in [-0.15, -0.1) is 10.2 Å². The molecule has 5 nitrogen and oxygen atoms in total. The van der Waals surface area contributed by atoms with E-state index in [1.807, 2.05) is 24.3 Å². The van der Waals surface area contributed by atoms with Crippen molar-refractivity contribution < 1.29 is 9.15 Å². The molecule has 1 unspecified atom stereocenters. The lowest BCUT2D eigenvalue weighted by Gasteiger charge is -2.31. The van der Waals surface area contributed by atoms with Crippen LogP contribution in [0.25, 0.3) is 11.5 Å². The molecule has 1 atom stereocenters. The van der Waals surface area contributed by atoms with E-state index < -0.39 is 0 Å². The van der Waals surface area contributed by atoms with Gasteiger partial charge in [0.2, 0.25) is 11.8 Å². The molecule has 1 aromatic heterocycles. The summed E-state index contributed by atoms with van der Waals surface area (Å²) in [5, 5.41) is 8.49. The van der Waals surface area contributed by atoms with Crippen molar-refractivity contribution in [3.63, 3.8) is 0 Å². The molecule has 5 heteroatoms. The van der Waals surface area contributed by atoms with E-state index in [9.17, 15) is 0 Å². The lowest BCUT2D eigenvalue weighted by atomic mass is 9.99. The fourth-order valence-electron chi connectivity index (χ4n) is 3.26. The second-order valence-corrected chi connectivity index (χ2v) is 6.34.